The Morgan fingerprint density at radius 1 is 1.11 bits per heavy atom. The number of hydrogen-bond acceptors (Lipinski definition) is 3. The number of carbonyl (C=O) groups is 1. The number of nitrogens with zero attached hydrogens (tertiary/aromatic N) is 1. The van der Waals surface area contributed by atoms with Crippen LogP contribution in [0.3, 0.4) is 0 Å². The summed E-state index contributed by atoms with van der Waals surface area (Å²) in [6.45, 7) is 8.64. The van der Waals surface area contributed by atoms with Gasteiger partial charge in [-0.3, -0.25) is 9.69 Å². The number of nitrogens with two attached hydrogens (primary N) is 1. The van der Waals surface area contributed by atoms with E-state index >= 15 is 0 Å². The molecule has 1 aromatic rings. The number of rotatable bonds is 6. The Kier molecular flexibility index (Phi) is 10.8. The summed E-state index contributed by atoms with van der Waals surface area (Å²) >= 11 is 0. The van der Waals surface area contributed by atoms with Crippen LogP contribution >= 0.6 is 24.8 Å². The van der Waals surface area contributed by atoms with E-state index in [1.807, 2.05) is 0 Å². The lowest BCUT2D eigenvalue weighted by Crippen LogP contribution is -2.38. The molecule has 2 unspecified atom stereocenters. The smallest absolute Gasteiger partial charge is 0.220 e. The molecule has 1 aliphatic heterocycles. The van der Waals surface area contributed by atoms with Crippen molar-refractivity contribution in [2.45, 2.75) is 65.1 Å². The van der Waals surface area contributed by atoms with Crippen molar-refractivity contribution in [3.8, 4) is 0 Å². The number of hydrogen-bond donors (Lipinski definition) is 2. The van der Waals surface area contributed by atoms with E-state index in [9.17, 15) is 4.79 Å². The van der Waals surface area contributed by atoms with Crippen molar-refractivity contribution in [3.05, 3.63) is 35.4 Å². The molecule has 2 aliphatic rings. The highest BCUT2D eigenvalue weighted by atomic mass is 35.5. The van der Waals surface area contributed by atoms with E-state index in [1.54, 1.807) is 0 Å². The molecule has 0 spiro atoms. The van der Waals surface area contributed by atoms with Crippen LogP contribution < -0.4 is 11.1 Å². The third kappa shape index (κ3) is 7.22. The molecule has 3 rings (SSSR count). The lowest BCUT2D eigenvalue weighted by molar-refractivity contribution is -0.122. The van der Waals surface area contributed by atoms with Gasteiger partial charge in [0.25, 0.3) is 0 Å². The van der Waals surface area contributed by atoms with Gasteiger partial charge in [-0.1, -0.05) is 44.5 Å². The Morgan fingerprint density at radius 3 is 2.36 bits per heavy atom. The molecule has 0 aromatic heterocycles. The van der Waals surface area contributed by atoms with Crippen molar-refractivity contribution in [2.75, 3.05) is 13.1 Å². The third-order valence-electron chi connectivity index (χ3n) is 6.10. The third-order valence-corrected chi connectivity index (χ3v) is 6.10. The minimum Gasteiger partial charge on any atom is -0.352 e. The van der Waals surface area contributed by atoms with Gasteiger partial charge in [-0.25, -0.2) is 0 Å². The van der Waals surface area contributed by atoms with E-state index < -0.39 is 0 Å². The van der Waals surface area contributed by atoms with Gasteiger partial charge in [0, 0.05) is 38.6 Å². The largest absolute Gasteiger partial charge is 0.352 e. The van der Waals surface area contributed by atoms with Crippen molar-refractivity contribution in [3.63, 3.8) is 0 Å². The Bertz CT molecular complexity index is 603. The number of likely N-dealkylation sites (tertiary alicyclic amines) is 1. The maximum atomic E-state index is 12.3. The predicted molar refractivity (Wildman–Crippen MR) is 121 cm³/mol. The van der Waals surface area contributed by atoms with Crippen molar-refractivity contribution in [2.24, 2.45) is 23.5 Å². The van der Waals surface area contributed by atoms with Gasteiger partial charge in [-0.05, 0) is 48.1 Å². The molecular formula is C22H37Cl2N3O. The first-order chi connectivity index (χ1) is 12.5. The van der Waals surface area contributed by atoms with E-state index in [1.165, 1.54) is 30.6 Å². The summed E-state index contributed by atoms with van der Waals surface area (Å²) in [5, 5.41) is 3.13. The monoisotopic (exact) mass is 429 g/mol. The fraction of sp³-hybridized carbons (Fsp3) is 0.682. The van der Waals surface area contributed by atoms with Crippen LogP contribution in [0.25, 0.3) is 0 Å². The topological polar surface area (TPSA) is 58.4 Å². The molecule has 3 N–H and O–H groups in total. The number of carbonyl (C=O) groups excluding carboxylic acids is 1. The molecule has 2 fully saturated rings. The predicted octanol–water partition coefficient (Wildman–Crippen LogP) is 4.14. The lowest BCUT2D eigenvalue weighted by atomic mass is 9.91. The van der Waals surface area contributed by atoms with E-state index in [0.29, 0.717) is 18.9 Å². The molecule has 1 saturated heterocycles. The molecule has 1 aromatic carbocycles. The molecule has 4 atom stereocenters. The number of halogens is 2. The van der Waals surface area contributed by atoms with Crippen molar-refractivity contribution < 1.29 is 4.79 Å². The van der Waals surface area contributed by atoms with Crippen LogP contribution in [0.2, 0.25) is 0 Å². The quantitative estimate of drug-likeness (QED) is 0.713. The minimum absolute atomic E-state index is 0. The number of piperidine rings is 1. The highest BCUT2D eigenvalue weighted by molar-refractivity contribution is 5.85. The fourth-order valence-corrected chi connectivity index (χ4v) is 4.87. The van der Waals surface area contributed by atoms with E-state index in [0.717, 1.165) is 37.6 Å². The molecule has 28 heavy (non-hydrogen) atoms. The van der Waals surface area contributed by atoms with Crippen LogP contribution in [-0.4, -0.2) is 29.9 Å². The van der Waals surface area contributed by atoms with E-state index in [2.05, 4.69) is 48.3 Å². The first-order valence-corrected chi connectivity index (χ1v) is 10.3. The Morgan fingerprint density at radius 2 is 1.75 bits per heavy atom. The van der Waals surface area contributed by atoms with Crippen LogP contribution in [0, 0.1) is 17.8 Å². The summed E-state index contributed by atoms with van der Waals surface area (Å²) in [4.78, 5) is 14.9. The van der Waals surface area contributed by atoms with Gasteiger partial charge < -0.3 is 11.1 Å². The van der Waals surface area contributed by atoms with E-state index in [4.69, 9.17) is 5.73 Å². The van der Waals surface area contributed by atoms with Crippen molar-refractivity contribution in [1.82, 2.24) is 10.2 Å². The zero-order valence-electron chi connectivity index (χ0n) is 17.2. The average molecular weight is 430 g/mol. The van der Waals surface area contributed by atoms with Crippen LogP contribution in [0.15, 0.2) is 24.3 Å². The van der Waals surface area contributed by atoms with Gasteiger partial charge in [-0.15, -0.1) is 24.8 Å². The molecule has 1 saturated carbocycles. The maximum Gasteiger partial charge on any atom is 0.220 e. The zero-order chi connectivity index (χ0) is 18.5. The summed E-state index contributed by atoms with van der Waals surface area (Å²) in [6, 6.07) is 8.73. The van der Waals surface area contributed by atoms with Gasteiger partial charge in [0.05, 0.1) is 0 Å². The second-order valence-corrected chi connectivity index (χ2v) is 8.74. The normalized spacial score (nSPS) is 27.5. The minimum atomic E-state index is 0. The van der Waals surface area contributed by atoms with Gasteiger partial charge in [0.2, 0.25) is 5.91 Å². The first-order valence-electron chi connectivity index (χ1n) is 10.3. The summed E-state index contributed by atoms with van der Waals surface area (Å²) in [5.74, 6) is 2.03. The molecule has 0 bridgehead atoms. The molecule has 1 amide bonds. The van der Waals surface area contributed by atoms with Crippen molar-refractivity contribution >= 4 is 30.7 Å². The maximum absolute atomic E-state index is 12.3. The molecule has 6 heteroatoms. The fourth-order valence-electron chi connectivity index (χ4n) is 4.87. The van der Waals surface area contributed by atoms with Crippen LogP contribution in [0.1, 0.15) is 57.1 Å². The summed E-state index contributed by atoms with van der Waals surface area (Å²) in [6.07, 6.45) is 5.22. The highest BCUT2D eigenvalue weighted by Gasteiger charge is 2.26. The number of amides is 1. The highest BCUT2D eigenvalue weighted by Crippen LogP contribution is 2.27. The Hall–Kier alpha value is -0.810. The molecule has 1 heterocycles. The number of nitrogens with one attached hydrogen (secondary N) is 1. The van der Waals surface area contributed by atoms with Gasteiger partial charge in [0.15, 0.2) is 0 Å². The zero-order valence-corrected chi connectivity index (χ0v) is 18.9. The van der Waals surface area contributed by atoms with Gasteiger partial charge >= 0.3 is 0 Å². The summed E-state index contributed by atoms with van der Waals surface area (Å²) in [7, 11) is 0. The van der Waals surface area contributed by atoms with E-state index in [-0.39, 0.29) is 36.8 Å². The summed E-state index contributed by atoms with van der Waals surface area (Å²) < 4.78 is 0. The SMILES string of the molecule is CC1CC(C)CN(Cc2ccccc2CNC(=O)C[C@@H]2CCC[C@H]2N)C1.Cl.Cl. The molecule has 0 radical (unpaired) electrons. The van der Waals surface area contributed by atoms with Crippen LogP contribution in [-0.2, 0) is 17.9 Å². The Labute approximate surface area is 182 Å². The second-order valence-electron chi connectivity index (χ2n) is 8.74. The Balaban J connectivity index is 0.00000196. The molecule has 160 valence electrons. The van der Waals surface area contributed by atoms with Gasteiger partial charge in [-0.2, -0.15) is 0 Å². The van der Waals surface area contributed by atoms with Crippen molar-refractivity contribution in [1.29, 1.82) is 0 Å². The molecule has 4 nitrogen and oxygen atoms in total. The van der Waals surface area contributed by atoms with Crippen LogP contribution in [0.4, 0.5) is 0 Å². The summed E-state index contributed by atoms with van der Waals surface area (Å²) in [5.41, 5.74) is 8.68. The molecule has 1 aliphatic carbocycles. The van der Waals surface area contributed by atoms with Crippen LogP contribution in [0.5, 0.6) is 0 Å². The first kappa shape index (κ1) is 25.2. The van der Waals surface area contributed by atoms with Gasteiger partial charge in [0.1, 0.15) is 0 Å². The number of benzene rings is 1. The lowest BCUT2D eigenvalue weighted by Gasteiger charge is -2.35. The molecular weight excluding hydrogens is 393 g/mol. The standard InChI is InChI=1S/C22H35N3O.2ClH/c1-16-10-17(2)14-25(13-16)15-20-7-4-3-6-19(20)12-24-22(26)11-18-8-5-9-21(18)23;;/h3-4,6-7,16-18,21H,5,8-15,23H2,1-2H3,(H,24,26);2*1H/t16?,17?,18-,21+;;/m0../s1. The average Bonchev–Trinajstić information content (AvgIpc) is 2.98. The second kappa shape index (κ2) is 12.0.